The summed E-state index contributed by atoms with van der Waals surface area (Å²) in [5.74, 6) is 0.400. The molecule has 1 aliphatic rings. The van der Waals surface area contributed by atoms with E-state index >= 15 is 0 Å². The minimum absolute atomic E-state index is 0.123. The van der Waals surface area contributed by atoms with Gasteiger partial charge in [0.1, 0.15) is 17.9 Å². The zero-order valence-electron chi connectivity index (χ0n) is 24.9. The fourth-order valence-electron chi connectivity index (χ4n) is 3.95. The van der Waals surface area contributed by atoms with E-state index in [-0.39, 0.29) is 25.6 Å². The van der Waals surface area contributed by atoms with E-state index in [4.69, 9.17) is 23.0 Å². The Balaban J connectivity index is 2.11. The molecule has 39 heavy (non-hydrogen) atoms. The van der Waals surface area contributed by atoms with Crippen molar-refractivity contribution in [1.29, 1.82) is 0 Å². The van der Waals surface area contributed by atoms with E-state index in [0.717, 1.165) is 32.1 Å². The highest BCUT2D eigenvalue weighted by molar-refractivity contribution is 7.41. The number of nitrogens with zero attached hydrogens (tertiary/aromatic N) is 1. The predicted octanol–water partition coefficient (Wildman–Crippen LogP) is 9.05. The molecule has 0 radical (unpaired) electrons. The Hall–Kier alpha value is -1.41. The summed E-state index contributed by atoms with van der Waals surface area (Å²) in [7, 11) is -1.69. The van der Waals surface area contributed by atoms with Crippen molar-refractivity contribution in [1.82, 2.24) is 0 Å². The van der Waals surface area contributed by atoms with E-state index < -0.39 is 37.1 Å². The number of unbranched alkanes of at least 4 members (excludes halogenated alkanes) is 4. The molecule has 0 aliphatic carbocycles. The van der Waals surface area contributed by atoms with Crippen LogP contribution in [0.2, 0.25) is 0 Å². The molecule has 0 saturated heterocycles. The summed E-state index contributed by atoms with van der Waals surface area (Å²) in [5, 5.41) is 0. The predicted molar refractivity (Wildman–Crippen MR) is 150 cm³/mol. The van der Waals surface area contributed by atoms with Crippen LogP contribution in [-0.4, -0.2) is 42.5 Å². The molecule has 1 aliphatic heterocycles. The lowest BCUT2D eigenvalue weighted by molar-refractivity contribution is -0.139. The first-order valence-corrected chi connectivity index (χ1v) is 14.9. The molecular formula is C29H47F3NO5P. The normalized spacial score (nSPS) is 18.4. The highest BCUT2D eigenvalue weighted by Crippen LogP contribution is 2.48. The lowest BCUT2D eigenvalue weighted by Gasteiger charge is -2.32. The standard InChI is InChI=1S/C29H47F3NO5P/c1-9-10-11-12-13-18-34-25-15-14-23(19-24(25)29(30,31)32)16-17-28(20-35-22(2)33-28)21-36-39(37-26(3,4)5)38-27(6,7)8/h14-15,19H,9-13,16-18,20-21H2,1-8H3. The van der Waals surface area contributed by atoms with Gasteiger partial charge < -0.3 is 23.0 Å². The molecule has 0 N–H and O–H groups in total. The van der Waals surface area contributed by atoms with Crippen molar-refractivity contribution in [2.75, 3.05) is 19.8 Å². The van der Waals surface area contributed by atoms with E-state index in [1.807, 2.05) is 41.5 Å². The molecule has 6 nitrogen and oxygen atoms in total. The van der Waals surface area contributed by atoms with Crippen molar-refractivity contribution in [3.8, 4) is 5.75 Å². The minimum Gasteiger partial charge on any atom is -0.493 e. The molecule has 0 bridgehead atoms. The van der Waals surface area contributed by atoms with Crippen LogP contribution in [0.3, 0.4) is 0 Å². The molecule has 0 saturated carbocycles. The van der Waals surface area contributed by atoms with Gasteiger partial charge >= 0.3 is 14.8 Å². The van der Waals surface area contributed by atoms with Crippen molar-refractivity contribution in [2.24, 2.45) is 4.99 Å². The zero-order valence-corrected chi connectivity index (χ0v) is 25.8. The Bertz CT molecular complexity index is 911. The van der Waals surface area contributed by atoms with Gasteiger partial charge in [0.05, 0.1) is 30.0 Å². The minimum atomic E-state index is -4.51. The lowest BCUT2D eigenvalue weighted by Crippen LogP contribution is -2.35. The SMILES string of the molecule is CCCCCCCOc1ccc(CCC2(COP(OC(C)(C)C)OC(C)(C)C)COC(C)=N2)cc1C(F)(F)F. The third-order valence-electron chi connectivity index (χ3n) is 5.81. The van der Waals surface area contributed by atoms with Gasteiger partial charge in [-0.25, -0.2) is 4.99 Å². The molecule has 1 unspecified atom stereocenters. The number of aliphatic imine (C=N–C) groups is 1. The summed E-state index contributed by atoms with van der Waals surface area (Å²) >= 11 is 0. The second-order valence-corrected chi connectivity index (χ2v) is 13.2. The van der Waals surface area contributed by atoms with E-state index in [0.29, 0.717) is 24.3 Å². The average Bonchev–Trinajstić information content (AvgIpc) is 3.17. The third-order valence-corrected chi connectivity index (χ3v) is 7.55. The molecule has 2 rings (SSSR count). The van der Waals surface area contributed by atoms with Crippen LogP contribution in [-0.2, 0) is 30.9 Å². The van der Waals surface area contributed by atoms with E-state index in [2.05, 4.69) is 11.9 Å². The van der Waals surface area contributed by atoms with Crippen LogP contribution < -0.4 is 4.74 Å². The van der Waals surface area contributed by atoms with Gasteiger partial charge in [0.2, 0.25) is 0 Å². The highest BCUT2D eigenvalue weighted by atomic mass is 31.2. The highest BCUT2D eigenvalue weighted by Gasteiger charge is 2.39. The van der Waals surface area contributed by atoms with Crippen LogP contribution in [0.15, 0.2) is 23.2 Å². The molecule has 0 aromatic heterocycles. The van der Waals surface area contributed by atoms with Crippen LogP contribution in [0.4, 0.5) is 13.2 Å². The number of benzene rings is 1. The molecule has 1 atom stereocenters. The molecule has 10 heteroatoms. The first-order valence-electron chi connectivity index (χ1n) is 13.9. The second-order valence-electron chi connectivity index (χ2n) is 12.1. The van der Waals surface area contributed by atoms with Crippen molar-refractivity contribution < 1.29 is 36.2 Å². The van der Waals surface area contributed by atoms with Crippen LogP contribution in [0.1, 0.15) is 105 Å². The Kier molecular flexibility index (Phi) is 12.5. The second kappa shape index (κ2) is 14.5. The number of ether oxygens (including phenoxy) is 2. The first kappa shape index (κ1) is 33.8. The first-order chi connectivity index (χ1) is 18.0. The van der Waals surface area contributed by atoms with E-state index in [1.165, 1.54) is 12.1 Å². The topological polar surface area (TPSA) is 58.5 Å². The van der Waals surface area contributed by atoms with Gasteiger partial charge in [-0.2, -0.15) is 13.2 Å². The molecule has 1 aromatic carbocycles. The summed E-state index contributed by atoms with van der Waals surface area (Å²) in [6.45, 7) is 16.1. The maximum atomic E-state index is 13.9. The summed E-state index contributed by atoms with van der Waals surface area (Å²) in [6.07, 6.45) is 1.27. The zero-order chi connectivity index (χ0) is 29.3. The molecule has 0 spiro atoms. The summed E-state index contributed by atoms with van der Waals surface area (Å²) < 4.78 is 71.0. The van der Waals surface area contributed by atoms with Gasteiger partial charge in [0.15, 0.2) is 5.90 Å². The fourth-order valence-corrected chi connectivity index (χ4v) is 5.33. The fraction of sp³-hybridized carbons (Fsp3) is 0.759. The lowest BCUT2D eigenvalue weighted by atomic mass is 9.93. The van der Waals surface area contributed by atoms with Gasteiger partial charge in [0.25, 0.3) is 0 Å². The number of hydrogen-bond acceptors (Lipinski definition) is 6. The van der Waals surface area contributed by atoms with Crippen molar-refractivity contribution in [3.05, 3.63) is 29.3 Å². The number of halogens is 3. The third kappa shape index (κ3) is 12.8. The van der Waals surface area contributed by atoms with Crippen molar-refractivity contribution >= 4 is 14.5 Å². The Morgan fingerprint density at radius 3 is 2.15 bits per heavy atom. The van der Waals surface area contributed by atoms with E-state index in [9.17, 15) is 13.2 Å². The van der Waals surface area contributed by atoms with Crippen LogP contribution >= 0.6 is 8.60 Å². The molecule has 1 heterocycles. The van der Waals surface area contributed by atoms with Gasteiger partial charge in [-0.1, -0.05) is 38.7 Å². The van der Waals surface area contributed by atoms with Crippen LogP contribution in [0.25, 0.3) is 0 Å². The van der Waals surface area contributed by atoms with Crippen LogP contribution in [0, 0.1) is 0 Å². The van der Waals surface area contributed by atoms with Crippen LogP contribution in [0.5, 0.6) is 5.75 Å². The van der Waals surface area contributed by atoms with Gasteiger partial charge in [0, 0.05) is 6.92 Å². The van der Waals surface area contributed by atoms with Crippen molar-refractivity contribution in [2.45, 2.75) is 123 Å². The van der Waals surface area contributed by atoms with Gasteiger partial charge in [-0.3, -0.25) is 0 Å². The number of hydrogen-bond donors (Lipinski definition) is 0. The van der Waals surface area contributed by atoms with Crippen molar-refractivity contribution in [3.63, 3.8) is 0 Å². The quantitative estimate of drug-likeness (QED) is 0.154. The molecule has 0 fully saturated rings. The summed E-state index contributed by atoms with van der Waals surface area (Å²) in [6, 6.07) is 4.31. The van der Waals surface area contributed by atoms with Gasteiger partial charge in [-0.05, 0) is 78.5 Å². The van der Waals surface area contributed by atoms with E-state index in [1.54, 1.807) is 13.0 Å². The maximum absolute atomic E-state index is 13.9. The maximum Gasteiger partial charge on any atom is 0.419 e. The Morgan fingerprint density at radius 2 is 1.62 bits per heavy atom. The van der Waals surface area contributed by atoms with Gasteiger partial charge in [-0.15, -0.1) is 0 Å². The number of aryl methyl sites for hydroxylation is 1. The molecule has 224 valence electrons. The molecule has 1 aromatic rings. The number of alkyl halides is 3. The monoisotopic (exact) mass is 577 g/mol. The number of rotatable bonds is 15. The Morgan fingerprint density at radius 1 is 0.974 bits per heavy atom. The summed E-state index contributed by atoms with van der Waals surface area (Å²) in [4.78, 5) is 4.68. The molecule has 0 amide bonds. The largest absolute Gasteiger partial charge is 0.493 e. The molecular weight excluding hydrogens is 530 g/mol. The smallest absolute Gasteiger partial charge is 0.419 e. The average molecular weight is 578 g/mol. The summed E-state index contributed by atoms with van der Waals surface area (Å²) in [5.41, 5.74) is -1.91. The Labute approximate surface area is 234 Å².